The maximum Gasteiger partial charge on any atom is 0.233 e. The molecule has 1 aromatic heterocycles. The lowest BCUT2D eigenvalue weighted by molar-refractivity contribution is -0.120. The average Bonchev–Trinajstić information content (AvgIpc) is 3.32. The van der Waals surface area contributed by atoms with Crippen LogP contribution in [0.15, 0.2) is 29.4 Å². The molecule has 0 aliphatic heterocycles. The highest BCUT2D eigenvalue weighted by Gasteiger charge is 2.30. The predicted molar refractivity (Wildman–Crippen MR) is 91.6 cm³/mol. The van der Waals surface area contributed by atoms with Crippen LogP contribution in [0.25, 0.3) is 0 Å². The van der Waals surface area contributed by atoms with Gasteiger partial charge in [0.1, 0.15) is 5.82 Å². The zero-order chi connectivity index (χ0) is 16.4. The minimum absolute atomic E-state index is 0.0130. The lowest BCUT2D eigenvalue weighted by Gasteiger charge is -2.11. The van der Waals surface area contributed by atoms with E-state index in [1.165, 1.54) is 24.6 Å². The van der Waals surface area contributed by atoms with Crippen molar-refractivity contribution in [1.29, 1.82) is 0 Å². The molecule has 1 heterocycles. The van der Waals surface area contributed by atoms with Crippen LogP contribution in [0.1, 0.15) is 37.1 Å². The molecule has 1 aliphatic carbocycles. The van der Waals surface area contributed by atoms with Gasteiger partial charge in [-0.05, 0) is 37.5 Å². The fourth-order valence-corrected chi connectivity index (χ4v) is 3.24. The molecule has 1 fully saturated rings. The van der Waals surface area contributed by atoms with Gasteiger partial charge in [-0.25, -0.2) is 0 Å². The number of benzene rings is 1. The van der Waals surface area contributed by atoms with Crippen LogP contribution in [0.5, 0.6) is 0 Å². The van der Waals surface area contributed by atoms with Gasteiger partial charge in [-0.3, -0.25) is 4.79 Å². The normalized spacial score (nSPS) is 15.4. The van der Waals surface area contributed by atoms with Crippen LogP contribution in [-0.4, -0.2) is 25.9 Å². The number of amides is 1. The number of aromatic nitrogens is 3. The molecular formula is C16H19ClN4OS. The SMILES string of the molecule is C[C@@H](Sc1nnc(C2CC2)n1C)C(=O)NCc1ccc(Cl)cc1. The summed E-state index contributed by atoms with van der Waals surface area (Å²) in [5, 5.41) is 12.6. The molecule has 0 spiro atoms. The molecule has 1 saturated carbocycles. The van der Waals surface area contributed by atoms with E-state index in [9.17, 15) is 4.79 Å². The van der Waals surface area contributed by atoms with E-state index < -0.39 is 0 Å². The summed E-state index contributed by atoms with van der Waals surface area (Å²) in [4.78, 5) is 12.2. The van der Waals surface area contributed by atoms with Gasteiger partial charge in [0, 0.05) is 24.5 Å². The third-order valence-electron chi connectivity index (χ3n) is 3.84. The molecule has 3 rings (SSSR count). The Balaban J connectivity index is 1.54. The topological polar surface area (TPSA) is 59.8 Å². The molecule has 1 aromatic carbocycles. The summed E-state index contributed by atoms with van der Waals surface area (Å²) in [6.45, 7) is 2.38. The third kappa shape index (κ3) is 4.06. The first-order valence-electron chi connectivity index (χ1n) is 7.62. The van der Waals surface area contributed by atoms with Crippen LogP contribution >= 0.6 is 23.4 Å². The first-order chi connectivity index (χ1) is 11.0. The van der Waals surface area contributed by atoms with Gasteiger partial charge in [-0.2, -0.15) is 0 Å². The summed E-state index contributed by atoms with van der Waals surface area (Å²) in [5.41, 5.74) is 1.02. The van der Waals surface area contributed by atoms with Gasteiger partial charge in [-0.1, -0.05) is 35.5 Å². The maximum atomic E-state index is 12.2. The van der Waals surface area contributed by atoms with Crippen molar-refractivity contribution in [2.24, 2.45) is 7.05 Å². The molecule has 1 aliphatic rings. The number of halogens is 1. The van der Waals surface area contributed by atoms with Gasteiger partial charge in [-0.15, -0.1) is 10.2 Å². The highest BCUT2D eigenvalue weighted by atomic mass is 35.5. The van der Waals surface area contributed by atoms with E-state index in [-0.39, 0.29) is 11.2 Å². The molecular weight excluding hydrogens is 332 g/mol. The van der Waals surface area contributed by atoms with Crippen LogP contribution < -0.4 is 5.32 Å². The Morgan fingerprint density at radius 2 is 2.09 bits per heavy atom. The van der Waals surface area contributed by atoms with Crippen LogP contribution in [0, 0.1) is 0 Å². The van der Waals surface area contributed by atoms with E-state index in [0.29, 0.717) is 17.5 Å². The second-order valence-electron chi connectivity index (χ2n) is 5.78. The molecule has 1 N–H and O–H groups in total. The second-order valence-corrected chi connectivity index (χ2v) is 7.52. The van der Waals surface area contributed by atoms with Gasteiger partial charge < -0.3 is 9.88 Å². The van der Waals surface area contributed by atoms with Crippen molar-refractivity contribution in [3.8, 4) is 0 Å². The van der Waals surface area contributed by atoms with Crippen molar-refractivity contribution in [1.82, 2.24) is 20.1 Å². The van der Waals surface area contributed by atoms with Gasteiger partial charge in [0.15, 0.2) is 5.16 Å². The number of carbonyl (C=O) groups excluding carboxylic acids is 1. The summed E-state index contributed by atoms with van der Waals surface area (Å²) < 4.78 is 2.01. The number of hydrogen-bond acceptors (Lipinski definition) is 4. The Morgan fingerprint density at radius 1 is 1.39 bits per heavy atom. The summed E-state index contributed by atoms with van der Waals surface area (Å²) >= 11 is 7.29. The van der Waals surface area contributed by atoms with Gasteiger partial charge in [0.2, 0.25) is 5.91 Å². The summed E-state index contributed by atoms with van der Waals surface area (Å²) in [6, 6.07) is 7.45. The minimum atomic E-state index is -0.225. The lowest BCUT2D eigenvalue weighted by Crippen LogP contribution is -2.30. The van der Waals surface area contributed by atoms with Gasteiger partial charge >= 0.3 is 0 Å². The zero-order valence-electron chi connectivity index (χ0n) is 13.1. The van der Waals surface area contributed by atoms with Crippen molar-refractivity contribution in [2.45, 2.75) is 42.6 Å². The number of carbonyl (C=O) groups is 1. The fraction of sp³-hybridized carbons (Fsp3) is 0.438. The summed E-state index contributed by atoms with van der Waals surface area (Å²) in [7, 11) is 1.97. The molecule has 0 bridgehead atoms. The van der Waals surface area contributed by atoms with Crippen molar-refractivity contribution < 1.29 is 4.79 Å². The van der Waals surface area contributed by atoms with Crippen LogP contribution in [-0.2, 0) is 18.4 Å². The monoisotopic (exact) mass is 350 g/mol. The van der Waals surface area contributed by atoms with Crippen molar-refractivity contribution in [2.75, 3.05) is 0 Å². The minimum Gasteiger partial charge on any atom is -0.351 e. The molecule has 23 heavy (non-hydrogen) atoms. The first kappa shape index (κ1) is 16.3. The summed E-state index contributed by atoms with van der Waals surface area (Å²) in [6.07, 6.45) is 2.38. The number of rotatable bonds is 6. The van der Waals surface area contributed by atoms with Crippen LogP contribution in [0.4, 0.5) is 0 Å². The molecule has 1 amide bonds. The van der Waals surface area contributed by atoms with Crippen LogP contribution in [0.2, 0.25) is 5.02 Å². The van der Waals surface area contributed by atoms with Crippen molar-refractivity contribution >= 4 is 29.3 Å². The largest absolute Gasteiger partial charge is 0.351 e. The van der Waals surface area contributed by atoms with Gasteiger partial charge in [0.25, 0.3) is 0 Å². The third-order valence-corrected chi connectivity index (χ3v) is 5.23. The summed E-state index contributed by atoms with van der Waals surface area (Å²) in [5.74, 6) is 1.57. The maximum absolute atomic E-state index is 12.2. The second kappa shape index (κ2) is 6.93. The molecule has 2 aromatic rings. The standard InChI is InChI=1S/C16H19ClN4OS/c1-10(15(22)18-9-11-3-7-13(17)8-4-11)23-16-20-19-14(21(16)2)12-5-6-12/h3-4,7-8,10,12H,5-6,9H2,1-2H3,(H,18,22)/t10-/m1/s1. The smallest absolute Gasteiger partial charge is 0.233 e. The van der Waals surface area contributed by atoms with Gasteiger partial charge in [0.05, 0.1) is 5.25 Å². The first-order valence-corrected chi connectivity index (χ1v) is 8.88. The van der Waals surface area contributed by atoms with Crippen molar-refractivity contribution in [3.05, 3.63) is 40.7 Å². The Hall–Kier alpha value is -1.53. The molecule has 1 atom stereocenters. The molecule has 0 saturated heterocycles. The predicted octanol–water partition coefficient (Wildman–Crippen LogP) is 3.14. The lowest BCUT2D eigenvalue weighted by atomic mass is 10.2. The van der Waals surface area contributed by atoms with Crippen molar-refractivity contribution in [3.63, 3.8) is 0 Å². The van der Waals surface area contributed by atoms with E-state index in [2.05, 4.69) is 15.5 Å². The molecule has 122 valence electrons. The van der Waals surface area contributed by atoms with E-state index in [1.54, 1.807) is 0 Å². The number of nitrogens with one attached hydrogen (secondary N) is 1. The molecule has 0 radical (unpaired) electrons. The highest BCUT2D eigenvalue weighted by Crippen LogP contribution is 2.39. The Bertz CT molecular complexity index is 697. The molecule has 5 nitrogen and oxygen atoms in total. The fourth-order valence-electron chi connectivity index (χ4n) is 2.27. The number of thioether (sulfide) groups is 1. The quantitative estimate of drug-likeness (QED) is 0.813. The van der Waals surface area contributed by atoms with E-state index in [1.807, 2.05) is 42.8 Å². The number of nitrogens with zero attached hydrogens (tertiary/aromatic N) is 3. The number of hydrogen-bond donors (Lipinski definition) is 1. The average molecular weight is 351 g/mol. The van der Waals surface area contributed by atoms with E-state index in [0.717, 1.165) is 16.5 Å². The Kier molecular flexibility index (Phi) is 4.92. The van der Waals surface area contributed by atoms with Crippen LogP contribution in [0.3, 0.4) is 0 Å². The highest BCUT2D eigenvalue weighted by molar-refractivity contribution is 8.00. The Labute approximate surface area is 144 Å². The van der Waals surface area contributed by atoms with E-state index in [4.69, 9.17) is 11.6 Å². The molecule has 0 unspecified atom stereocenters. The molecule has 7 heteroatoms. The zero-order valence-corrected chi connectivity index (χ0v) is 14.7. The van der Waals surface area contributed by atoms with E-state index >= 15 is 0 Å². The Morgan fingerprint density at radius 3 is 2.74 bits per heavy atom.